The molecule has 148 valence electrons. The summed E-state index contributed by atoms with van der Waals surface area (Å²) in [5.41, 5.74) is 2.16. The maximum Gasteiger partial charge on any atom is 0.193 e. The van der Waals surface area contributed by atoms with Gasteiger partial charge in [-0.25, -0.2) is 4.99 Å². The number of aliphatic imine (C=N–C) groups is 1. The van der Waals surface area contributed by atoms with Crippen LogP contribution in [0.5, 0.6) is 5.75 Å². The van der Waals surface area contributed by atoms with E-state index < -0.39 is 0 Å². The molecule has 0 N–H and O–H groups in total. The van der Waals surface area contributed by atoms with E-state index in [0.717, 1.165) is 49.4 Å². The number of hydrogen-bond acceptors (Lipinski definition) is 5. The van der Waals surface area contributed by atoms with Gasteiger partial charge in [0.1, 0.15) is 17.6 Å². The van der Waals surface area contributed by atoms with Crippen molar-refractivity contribution in [2.24, 2.45) is 10.9 Å². The van der Waals surface area contributed by atoms with Crippen LogP contribution in [0.1, 0.15) is 58.4 Å². The highest BCUT2D eigenvalue weighted by Crippen LogP contribution is 2.32. The predicted molar refractivity (Wildman–Crippen MR) is 106 cm³/mol. The highest BCUT2D eigenvalue weighted by atomic mass is 16.5. The molecule has 0 unspecified atom stereocenters. The van der Waals surface area contributed by atoms with E-state index in [4.69, 9.17) is 14.2 Å². The average Bonchev–Trinajstić information content (AvgIpc) is 3.02. The van der Waals surface area contributed by atoms with Crippen molar-refractivity contribution in [2.75, 3.05) is 13.2 Å². The van der Waals surface area contributed by atoms with Gasteiger partial charge in [0.05, 0.1) is 24.8 Å². The van der Waals surface area contributed by atoms with Gasteiger partial charge in [0, 0.05) is 13.0 Å². The van der Waals surface area contributed by atoms with Gasteiger partial charge < -0.3 is 19.0 Å². The topological polar surface area (TPSA) is 57.1 Å². The molecule has 1 atom stereocenters. The summed E-state index contributed by atoms with van der Waals surface area (Å²) in [6.45, 7) is 7.04. The Morgan fingerprint density at radius 3 is 2.67 bits per heavy atom. The molecule has 0 bridgehead atoms. The van der Waals surface area contributed by atoms with Gasteiger partial charge in [-0.2, -0.15) is 0 Å². The molecule has 5 heteroatoms. The molecular weight excluding hydrogens is 342 g/mol. The summed E-state index contributed by atoms with van der Waals surface area (Å²) >= 11 is 0. The molecule has 1 aromatic carbocycles. The van der Waals surface area contributed by atoms with E-state index >= 15 is 0 Å². The van der Waals surface area contributed by atoms with Crippen LogP contribution in [0.4, 0.5) is 5.69 Å². The Labute approximate surface area is 162 Å². The van der Waals surface area contributed by atoms with Gasteiger partial charge in [-0.1, -0.05) is 6.92 Å². The molecule has 1 heterocycles. The Morgan fingerprint density at radius 1 is 1.22 bits per heavy atom. The SMILES string of the molecule is CCOc1ccc2c(c1)CC(OC1CCC(OC[C@H](C)CC(C)=O)CC1)=N2. The third-order valence-corrected chi connectivity index (χ3v) is 5.13. The lowest BCUT2D eigenvalue weighted by Gasteiger charge is -2.29. The fourth-order valence-electron chi connectivity index (χ4n) is 3.83. The zero-order chi connectivity index (χ0) is 19.2. The van der Waals surface area contributed by atoms with Crippen molar-refractivity contribution in [1.29, 1.82) is 0 Å². The van der Waals surface area contributed by atoms with E-state index in [0.29, 0.717) is 25.6 Å². The maximum atomic E-state index is 11.2. The monoisotopic (exact) mass is 373 g/mol. The molecule has 27 heavy (non-hydrogen) atoms. The summed E-state index contributed by atoms with van der Waals surface area (Å²) < 4.78 is 17.7. The van der Waals surface area contributed by atoms with Gasteiger partial charge >= 0.3 is 0 Å². The second-order valence-electron chi connectivity index (χ2n) is 7.77. The van der Waals surface area contributed by atoms with Crippen LogP contribution in [0.15, 0.2) is 23.2 Å². The zero-order valence-corrected chi connectivity index (χ0v) is 16.7. The molecule has 0 radical (unpaired) electrons. The van der Waals surface area contributed by atoms with Crippen molar-refractivity contribution in [3.05, 3.63) is 23.8 Å². The number of nitrogens with zero attached hydrogens (tertiary/aromatic N) is 1. The lowest BCUT2D eigenvalue weighted by molar-refractivity contribution is -0.118. The lowest BCUT2D eigenvalue weighted by atomic mass is 9.94. The minimum Gasteiger partial charge on any atom is -0.494 e. The Hall–Kier alpha value is -1.88. The number of fused-ring (bicyclic) bond motifs is 1. The second-order valence-corrected chi connectivity index (χ2v) is 7.77. The molecule has 3 rings (SSSR count). The van der Waals surface area contributed by atoms with E-state index in [9.17, 15) is 4.79 Å². The van der Waals surface area contributed by atoms with Crippen LogP contribution in [0.3, 0.4) is 0 Å². The van der Waals surface area contributed by atoms with Gasteiger partial charge in [-0.15, -0.1) is 0 Å². The number of ether oxygens (including phenoxy) is 3. The van der Waals surface area contributed by atoms with Gasteiger partial charge in [-0.05, 0) is 69.2 Å². The number of hydrogen-bond donors (Lipinski definition) is 0. The third kappa shape index (κ3) is 5.80. The normalized spacial score (nSPS) is 22.7. The molecule has 1 saturated carbocycles. The summed E-state index contributed by atoms with van der Waals surface area (Å²) in [6.07, 6.45) is 5.85. The van der Waals surface area contributed by atoms with Crippen LogP contribution < -0.4 is 4.74 Å². The fourth-order valence-corrected chi connectivity index (χ4v) is 3.83. The first-order chi connectivity index (χ1) is 13.0. The first-order valence-corrected chi connectivity index (χ1v) is 10.1. The van der Waals surface area contributed by atoms with E-state index in [2.05, 4.69) is 18.0 Å². The molecule has 5 nitrogen and oxygen atoms in total. The van der Waals surface area contributed by atoms with Crippen molar-refractivity contribution in [2.45, 2.75) is 71.5 Å². The second kappa shape index (κ2) is 9.36. The number of carbonyl (C=O) groups excluding carboxylic acids is 1. The highest BCUT2D eigenvalue weighted by molar-refractivity contribution is 5.88. The van der Waals surface area contributed by atoms with E-state index in [-0.39, 0.29) is 18.0 Å². The summed E-state index contributed by atoms with van der Waals surface area (Å²) in [4.78, 5) is 15.8. The van der Waals surface area contributed by atoms with Gasteiger partial charge in [0.25, 0.3) is 0 Å². The smallest absolute Gasteiger partial charge is 0.193 e. The number of Topliss-reactive ketones (excluding diaryl/α,β-unsaturated/α-hetero) is 1. The molecule has 0 aromatic heterocycles. The number of ketones is 1. The molecule has 0 saturated heterocycles. The van der Waals surface area contributed by atoms with E-state index in [1.807, 2.05) is 19.1 Å². The minimum atomic E-state index is 0.221. The number of carbonyl (C=O) groups is 1. The number of rotatable bonds is 8. The van der Waals surface area contributed by atoms with Crippen molar-refractivity contribution in [3.8, 4) is 5.75 Å². The molecule has 0 amide bonds. The number of benzene rings is 1. The molecule has 1 aromatic rings. The molecular formula is C22H31NO4. The van der Waals surface area contributed by atoms with Gasteiger partial charge in [-0.3, -0.25) is 0 Å². The highest BCUT2D eigenvalue weighted by Gasteiger charge is 2.26. The average molecular weight is 373 g/mol. The first kappa shape index (κ1) is 19.9. The van der Waals surface area contributed by atoms with Crippen molar-refractivity contribution in [3.63, 3.8) is 0 Å². The Balaban J connectivity index is 1.40. The summed E-state index contributed by atoms with van der Waals surface area (Å²) in [6, 6.07) is 6.03. The van der Waals surface area contributed by atoms with Crippen LogP contribution in [-0.4, -0.2) is 37.1 Å². The van der Waals surface area contributed by atoms with Gasteiger partial charge in [0.15, 0.2) is 5.90 Å². The van der Waals surface area contributed by atoms with Gasteiger partial charge in [0.2, 0.25) is 0 Å². The quantitative estimate of drug-likeness (QED) is 0.666. The van der Waals surface area contributed by atoms with Crippen molar-refractivity contribution in [1.82, 2.24) is 0 Å². The van der Waals surface area contributed by atoms with Crippen molar-refractivity contribution >= 4 is 17.4 Å². The fraction of sp³-hybridized carbons (Fsp3) is 0.636. The van der Waals surface area contributed by atoms with E-state index in [1.54, 1.807) is 6.92 Å². The minimum absolute atomic E-state index is 0.221. The van der Waals surface area contributed by atoms with Crippen LogP contribution in [0, 0.1) is 5.92 Å². The van der Waals surface area contributed by atoms with Crippen molar-refractivity contribution < 1.29 is 19.0 Å². The van der Waals surface area contributed by atoms with E-state index in [1.165, 1.54) is 5.56 Å². The largest absolute Gasteiger partial charge is 0.494 e. The Kier molecular flexibility index (Phi) is 6.89. The standard InChI is InChI=1S/C22H31NO4/c1-4-25-20-9-10-21-17(12-20)13-22(23-21)27-19-7-5-18(6-8-19)26-14-15(2)11-16(3)24/h9-10,12,15,18-19H,4-8,11,13-14H2,1-3H3/t15-,18?,19?/m1/s1. The zero-order valence-electron chi connectivity index (χ0n) is 16.7. The Morgan fingerprint density at radius 2 is 1.96 bits per heavy atom. The summed E-state index contributed by atoms with van der Waals surface area (Å²) in [7, 11) is 0. The lowest BCUT2D eigenvalue weighted by Crippen LogP contribution is -2.29. The van der Waals surface area contributed by atoms with Crippen LogP contribution >= 0.6 is 0 Å². The molecule has 1 aliphatic carbocycles. The predicted octanol–water partition coefficient (Wildman–Crippen LogP) is 4.63. The first-order valence-electron chi connectivity index (χ1n) is 10.1. The maximum absolute atomic E-state index is 11.2. The Bertz CT molecular complexity index is 677. The summed E-state index contributed by atoms with van der Waals surface area (Å²) in [5, 5.41) is 0. The molecule has 2 aliphatic rings. The summed E-state index contributed by atoms with van der Waals surface area (Å²) in [5.74, 6) is 2.24. The molecule has 1 aliphatic heterocycles. The third-order valence-electron chi connectivity index (χ3n) is 5.13. The van der Waals surface area contributed by atoms with Crippen LogP contribution in [-0.2, 0) is 20.7 Å². The molecule has 0 spiro atoms. The van der Waals surface area contributed by atoms with Crippen LogP contribution in [0.25, 0.3) is 0 Å². The molecule has 1 fully saturated rings. The van der Waals surface area contributed by atoms with Crippen LogP contribution in [0.2, 0.25) is 0 Å².